The molecule has 0 rings (SSSR count). The molecule has 0 bridgehead atoms. The van der Waals surface area contributed by atoms with Crippen LogP contribution >= 0.6 is 0 Å². The Bertz CT molecular complexity index is 85.9. The number of aliphatic hydroxyl groups is 1. The number of unbranched alkanes of at least 4 members (excludes halogenated alkanes) is 3. The van der Waals surface area contributed by atoms with Crippen LogP contribution in [0, 0.1) is 0 Å². The van der Waals surface area contributed by atoms with Crippen molar-refractivity contribution in [3.8, 4) is 0 Å². The van der Waals surface area contributed by atoms with Gasteiger partial charge in [0.25, 0.3) is 0 Å². The van der Waals surface area contributed by atoms with E-state index in [9.17, 15) is 0 Å². The summed E-state index contributed by atoms with van der Waals surface area (Å²) in [5, 5.41) is 12.0. The fourth-order valence-electron chi connectivity index (χ4n) is 1.20. The van der Waals surface area contributed by atoms with Crippen LogP contribution in [0.3, 0.4) is 0 Å². The molecule has 2 nitrogen and oxygen atoms in total. The third-order valence-electron chi connectivity index (χ3n) is 2.09. The van der Waals surface area contributed by atoms with Gasteiger partial charge in [-0.25, -0.2) is 0 Å². The van der Waals surface area contributed by atoms with Crippen LogP contribution in [0.15, 0.2) is 0 Å². The van der Waals surface area contributed by atoms with Crippen LogP contribution in [0.1, 0.15) is 46.0 Å². The lowest BCUT2D eigenvalue weighted by molar-refractivity contribution is 0.269. The van der Waals surface area contributed by atoms with E-state index in [4.69, 9.17) is 5.11 Å². The van der Waals surface area contributed by atoms with Gasteiger partial charge in [0.2, 0.25) is 0 Å². The van der Waals surface area contributed by atoms with Gasteiger partial charge < -0.3 is 10.4 Å². The van der Waals surface area contributed by atoms with Crippen molar-refractivity contribution < 1.29 is 5.11 Å². The monoisotopic (exact) mass is 173 g/mol. The Kier molecular flexibility index (Phi) is 8.95. The minimum absolute atomic E-state index is 0.295. The molecule has 0 aromatic carbocycles. The van der Waals surface area contributed by atoms with Gasteiger partial charge in [0.05, 0.1) is 0 Å². The number of hydrogen-bond acceptors (Lipinski definition) is 2. The van der Waals surface area contributed by atoms with Crippen molar-refractivity contribution in [2.75, 3.05) is 13.2 Å². The Hall–Kier alpha value is -0.0800. The first-order valence-corrected chi connectivity index (χ1v) is 5.15. The van der Waals surface area contributed by atoms with E-state index in [0.717, 1.165) is 13.0 Å². The highest BCUT2D eigenvalue weighted by molar-refractivity contribution is 4.59. The van der Waals surface area contributed by atoms with Crippen molar-refractivity contribution in [3.05, 3.63) is 0 Å². The van der Waals surface area contributed by atoms with Crippen molar-refractivity contribution in [3.63, 3.8) is 0 Å². The molecule has 2 N–H and O–H groups in total. The molecule has 0 saturated heterocycles. The van der Waals surface area contributed by atoms with Crippen LogP contribution in [0.25, 0.3) is 0 Å². The molecule has 0 aromatic heterocycles. The third-order valence-corrected chi connectivity index (χ3v) is 2.09. The van der Waals surface area contributed by atoms with Crippen LogP contribution < -0.4 is 5.32 Å². The summed E-state index contributed by atoms with van der Waals surface area (Å²) in [7, 11) is 0. The van der Waals surface area contributed by atoms with Gasteiger partial charge in [-0.3, -0.25) is 0 Å². The Labute approximate surface area is 76.4 Å². The lowest BCUT2D eigenvalue weighted by Crippen LogP contribution is -2.27. The minimum Gasteiger partial charge on any atom is -0.396 e. The average Bonchev–Trinajstić information content (AvgIpc) is 2.05. The van der Waals surface area contributed by atoms with Gasteiger partial charge >= 0.3 is 0 Å². The van der Waals surface area contributed by atoms with Crippen molar-refractivity contribution in [1.29, 1.82) is 0 Å². The molecule has 0 saturated carbocycles. The standard InChI is InChI=1S/C10H23NO/c1-3-4-5-6-8-11-10(2)7-9-12/h10-12H,3-9H2,1-2H3. The van der Waals surface area contributed by atoms with Gasteiger partial charge in [0, 0.05) is 12.6 Å². The maximum Gasteiger partial charge on any atom is 0.0445 e. The van der Waals surface area contributed by atoms with E-state index in [1.54, 1.807) is 0 Å². The Morgan fingerprint density at radius 3 is 2.58 bits per heavy atom. The lowest BCUT2D eigenvalue weighted by atomic mass is 10.2. The van der Waals surface area contributed by atoms with E-state index >= 15 is 0 Å². The number of aliphatic hydroxyl groups excluding tert-OH is 1. The summed E-state index contributed by atoms with van der Waals surface area (Å²) >= 11 is 0. The Morgan fingerprint density at radius 1 is 1.25 bits per heavy atom. The SMILES string of the molecule is CCCCCCNC(C)CCO. The second-order valence-corrected chi connectivity index (χ2v) is 3.43. The maximum absolute atomic E-state index is 8.64. The molecule has 74 valence electrons. The van der Waals surface area contributed by atoms with E-state index in [1.807, 2.05) is 0 Å². The van der Waals surface area contributed by atoms with Crippen LogP contribution in [0.4, 0.5) is 0 Å². The number of rotatable bonds is 8. The number of nitrogens with one attached hydrogen (secondary N) is 1. The predicted octanol–water partition coefficient (Wildman–Crippen LogP) is 1.93. The van der Waals surface area contributed by atoms with Gasteiger partial charge in [0.15, 0.2) is 0 Å². The van der Waals surface area contributed by atoms with Gasteiger partial charge in [-0.15, -0.1) is 0 Å². The first-order valence-electron chi connectivity index (χ1n) is 5.15. The maximum atomic E-state index is 8.64. The molecule has 1 unspecified atom stereocenters. The van der Waals surface area contributed by atoms with Crippen molar-refractivity contribution in [2.45, 2.75) is 52.0 Å². The normalized spacial score (nSPS) is 13.2. The van der Waals surface area contributed by atoms with Crippen molar-refractivity contribution >= 4 is 0 Å². The molecule has 12 heavy (non-hydrogen) atoms. The average molecular weight is 173 g/mol. The zero-order valence-corrected chi connectivity index (χ0v) is 8.47. The zero-order valence-electron chi connectivity index (χ0n) is 8.47. The molecule has 0 aromatic rings. The van der Waals surface area contributed by atoms with E-state index in [0.29, 0.717) is 12.6 Å². The van der Waals surface area contributed by atoms with Gasteiger partial charge in [-0.05, 0) is 26.3 Å². The van der Waals surface area contributed by atoms with Crippen molar-refractivity contribution in [2.24, 2.45) is 0 Å². The van der Waals surface area contributed by atoms with Crippen LogP contribution in [0.2, 0.25) is 0 Å². The fraction of sp³-hybridized carbons (Fsp3) is 1.00. The van der Waals surface area contributed by atoms with Crippen LogP contribution in [-0.4, -0.2) is 24.3 Å². The second kappa shape index (κ2) is 9.01. The first-order chi connectivity index (χ1) is 5.81. The summed E-state index contributed by atoms with van der Waals surface area (Å²) in [6, 6.07) is 0.469. The molecule has 0 spiro atoms. The molecule has 0 aliphatic heterocycles. The predicted molar refractivity (Wildman–Crippen MR) is 53.3 cm³/mol. The topological polar surface area (TPSA) is 32.3 Å². The molecule has 0 aliphatic carbocycles. The molecule has 0 radical (unpaired) electrons. The molecule has 1 atom stereocenters. The molecule has 2 heteroatoms. The number of hydrogen-bond donors (Lipinski definition) is 2. The molecular weight excluding hydrogens is 150 g/mol. The highest BCUT2D eigenvalue weighted by Gasteiger charge is 1.97. The van der Waals surface area contributed by atoms with Gasteiger partial charge in [-0.2, -0.15) is 0 Å². The summed E-state index contributed by atoms with van der Waals surface area (Å²) in [4.78, 5) is 0. The Morgan fingerprint density at radius 2 is 2.00 bits per heavy atom. The van der Waals surface area contributed by atoms with Gasteiger partial charge in [0.1, 0.15) is 0 Å². The molecule has 0 heterocycles. The molecular formula is C10H23NO. The van der Waals surface area contributed by atoms with E-state index < -0.39 is 0 Å². The second-order valence-electron chi connectivity index (χ2n) is 3.43. The minimum atomic E-state index is 0.295. The fourth-order valence-corrected chi connectivity index (χ4v) is 1.20. The molecule has 0 amide bonds. The van der Waals surface area contributed by atoms with Crippen molar-refractivity contribution in [1.82, 2.24) is 5.32 Å². The molecule has 0 aliphatic rings. The summed E-state index contributed by atoms with van der Waals surface area (Å²) in [5.41, 5.74) is 0. The first kappa shape index (κ1) is 11.9. The summed E-state index contributed by atoms with van der Waals surface area (Å²) in [6.45, 7) is 5.74. The quantitative estimate of drug-likeness (QED) is 0.550. The van der Waals surface area contributed by atoms with E-state index in [-0.39, 0.29) is 0 Å². The largest absolute Gasteiger partial charge is 0.396 e. The Balaban J connectivity index is 2.97. The third kappa shape index (κ3) is 8.02. The summed E-state index contributed by atoms with van der Waals surface area (Å²) in [5.74, 6) is 0. The highest BCUT2D eigenvalue weighted by Crippen LogP contribution is 1.98. The smallest absolute Gasteiger partial charge is 0.0445 e. The zero-order chi connectivity index (χ0) is 9.23. The van der Waals surface area contributed by atoms with Crippen LogP contribution in [0.5, 0.6) is 0 Å². The molecule has 0 fully saturated rings. The van der Waals surface area contributed by atoms with Gasteiger partial charge in [-0.1, -0.05) is 26.2 Å². The van der Waals surface area contributed by atoms with Crippen LogP contribution in [-0.2, 0) is 0 Å². The summed E-state index contributed by atoms with van der Waals surface area (Å²) in [6.07, 6.45) is 6.11. The lowest BCUT2D eigenvalue weighted by Gasteiger charge is -2.11. The summed E-state index contributed by atoms with van der Waals surface area (Å²) < 4.78 is 0. The van der Waals surface area contributed by atoms with E-state index in [2.05, 4.69) is 19.2 Å². The highest BCUT2D eigenvalue weighted by atomic mass is 16.3. The van der Waals surface area contributed by atoms with E-state index in [1.165, 1.54) is 25.7 Å².